The standard InChI is InChI=1S/C14H16F2N2O3/c15-10-2-4-12(16)9(5-10)7-17-14(21)18-11-3-1-8(6-11)13(19)20/h2,4-5,8,11H,1,3,6-7H2,(H,19,20)(H2,17,18,21)/t8-,11+/m1/s1. The Bertz CT molecular complexity index is 551. The van der Waals surface area contributed by atoms with Gasteiger partial charge in [-0.1, -0.05) is 0 Å². The largest absolute Gasteiger partial charge is 0.481 e. The van der Waals surface area contributed by atoms with Gasteiger partial charge in [0.2, 0.25) is 0 Å². The molecule has 3 N–H and O–H groups in total. The summed E-state index contributed by atoms with van der Waals surface area (Å²) in [7, 11) is 0. The van der Waals surface area contributed by atoms with Crippen LogP contribution in [0.15, 0.2) is 18.2 Å². The molecule has 114 valence electrons. The molecule has 2 amide bonds. The predicted molar refractivity (Wildman–Crippen MR) is 70.5 cm³/mol. The van der Waals surface area contributed by atoms with Crippen molar-refractivity contribution in [2.75, 3.05) is 0 Å². The summed E-state index contributed by atoms with van der Waals surface area (Å²) >= 11 is 0. The molecule has 1 aliphatic carbocycles. The number of benzene rings is 1. The predicted octanol–water partition coefficient (Wildman–Crippen LogP) is 2.02. The molecule has 0 unspecified atom stereocenters. The number of hydrogen-bond donors (Lipinski definition) is 3. The molecule has 0 heterocycles. The van der Waals surface area contributed by atoms with Crippen molar-refractivity contribution < 1.29 is 23.5 Å². The highest BCUT2D eigenvalue weighted by Crippen LogP contribution is 2.25. The lowest BCUT2D eigenvalue weighted by molar-refractivity contribution is -0.141. The van der Waals surface area contributed by atoms with E-state index in [1.165, 1.54) is 0 Å². The Hall–Kier alpha value is -2.18. The van der Waals surface area contributed by atoms with Crippen molar-refractivity contribution >= 4 is 12.0 Å². The number of carbonyl (C=O) groups excluding carboxylic acids is 1. The minimum absolute atomic E-state index is 0.0555. The summed E-state index contributed by atoms with van der Waals surface area (Å²) in [5, 5.41) is 13.9. The molecular weight excluding hydrogens is 282 g/mol. The van der Waals surface area contributed by atoms with Crippen LogP contribution in [0, 0.1) is 17.6 Å². The zero-order valence-corrected chi connectivity index (χ0v) is 11.2. The molecule has 2 atom stereocenters. The Labute approximate surface area is 120 Å². The van der Waals surface area contributed by atoms with Gasteiger partial charge in [0, 0.05) is 18.2 Å². The maximum Gasteiger partial charge on any atom is 0.315 e. The minimum atomic E-state index is -0.860. The van der Waals surface area contributed by atoms with Crippen LogP contribution in [0.3, 0.4) is 0 Å². The second-order valence-corrected chi connectivity index (χ2v) is 5.11. The molecule has 0 aliphatic heterocycles. The maximum absolute atomic E-state index is 13.4. The third-order valence-electron chi connectivity index (χ3n) is 3.56. The fraction of sp³-hybridized carbons (Fsp3) is 0.429. The summed E-state index contributed by atoms with van der Waals surface area (Å²) in [6, 6.07) is 2.30. The highest BCUT2D eigenvalue weighted by atomic mass is 19.1. The lowest BCUT2D eigenvalue weighted by Gasteiger charge is -2.13. The van der Waals surface area contributed by atoms with Crippen LogP contribution >= 0.6 is 0 Å². The summed E-state index contributed by atoms with van der Waals surface area (Å²) in [6.45, 7) is -0.134. The van der Waals surface area contributed by atoms with E-state index >= 15 is 0 Å². The first-order valence-electron chi connectivity index (χ1n) is 6.67. The Morgan fingerprint density at radius 1 is 1.29 bits per heavy atom. The van der Waals surface area contributed by atoms with Crippen LogP contribution in [0.2, 0.25) is 0 Å². The van der Waals surface area contributed by atoms with Crippen molar-refractivity contribution in [3.8, 4) is 0 Å². The number of urea groups is 1. The van der Waals surface area contributed by atoms with E-state index in [0.29, 0.717) is 19.3 Å². The zero-order chi connectivity index (χ0) is 15.4. The van der Waals surface area contributed by atoms with Crippen molar-refractivity contribution in [3.05, 3.63) is 35.4 Å². The number of carboxylic acid groups (broad SMARTS) is 1. The number of carbonyl (C=O) groups is 2. The van der Waals surface area contributed by atoms with Gasteiger partial charge in [-0.3, -0.25) is 4.79 Å². The van der Waals surface area contributed by atoms with Crippen molar-refractivity contribution in [3.63, 3.8) is 0 Å². The van der Waals surface area contributed by atoms with Crippen molar-refractivity contribution in [1.82, 2.24) is 10.6 Å². The van der Waals surface area contributed by atoms with Crippen LogP contribution in [0.25, 0.3) is 0 Å². The Morgan fingerprint density at radius 3 is 2.71 bits per heavy atom. The number of hydrogen-bond acceptors (Lipinski definition) is 2. The van der Waals surface area contributed by atoms with Gasteiger partial charge in [-0.05, 0) is 37.5 Å². The molecule has 1 aromatic rings. The summed E-state index contributed by atoms with van der Waals surface area (Å²) < 4.78 is 26.3. The van der Waals surface area contributed by atoms with Crippen LogP contribution in [-0.2, 0) is 11.3 Å². The molecule has 0 aromatic heterocycles. The number of carboxylic acids is 1. The molecule has 0 saturated heterocycles. The van der Waals surface area contributed by atoms with Gasteiger partial charge in [-0.2, -0.15) is 0 Å². The van der Waals surface area contributed by atoms with Crippen LogP contribution in [0.5, 0.6) is 0 Å². The number of amides is 2. The minimum Gasteiger partial charge on any atom is -0.481 e. The van der Waals surface area contributed by atoms with Gasteiger partial charge in [-0.15, -0.1) is 0 Å². The quantitative estimate of drug-likeness (QED) is 0.795. The van der Waals surface area contributed by atoms with Crippen LogP contribution in [0.4, 0.5) is 13.6 Å². The smallest absolute Gasteiger partial charge is 0.315 e. The van der Waals surface area contributed by atoms with Crippen LogP contribution in [0.1, 0.15) is 24.8 Å². The molecule has 1 fully saturated rings. The molecule has 1 saturated carbocycles. The van der Waals surface area contributed by atoms with Gasteiger partial charge in [0.25, 0.3) is 0 Å². The van der Waals surface area contributed by atoms with E-state index in [-0.39, 0.29) is 18.2 Å². The Morgan fingerprint density at radius 2 is 2.05 bits per heavy atom. The molecule has 1 aliphatic rings. The number of rotatable bonds is 4. The summed E-state index contributed by atoms with van der Waals surface area (Å²) in [5.74, 6) is -2.46. The first kappa shape index (κ1) is 15.2. The van der Waals surface area contributed by atoms with E-state index in [0.717, 1.165) is 18.2 Å². The van der Waals surface area contributed by atoms with Gasteiger partial charge in [0.1, 0.15) is 11.6 Å². The third kappa shape index (κ3) is 4.14. The van der Waals surface area contributed by atoms with E-state index in [4.69, 9.17) is 5.11 Å². The highest BCUT2D eigenvalue weighted by Gasteiger charge is 2.30. The topological polar surface area (TPSA) is 78.4 Å². The van der Waals surface area contributed by atoms with Gasteiger partial charge >= 0.3 is 12.0 Å². The highest BCUT2D eigenvalue weighted by molar-refractivity contribution is 5.75. The lowest BCUT2D eigenvalue weighted by atomic mass is 10.1. The summed E-state index contributed by atoms with van der Waals surface area (Å²) in [6.07, 6.45) is 1.51. The molecule has 5 nitrogen and oxygen atoms in total. The zero-order valence-electron chi connectivity index (χ0n) is 11.2. The van der Waals surface area contributed by atoms with E-state index in [9.17, 15) is 18.4 Å². The van der Waals surface area contributed by atoms with E-state index in [2.05, 4.69) is 10.6 Å². The fourth-order valence-corrected chi connectivity index (χ4v) is 2.43. The number of aliphatic carboxylic acids is 1. The van der Waals surface area contributed by atoms with Crippen LogP contribution < -0.4 is 10.6 Å². The van der Waals surface area contributed by atoms with E-state index < -0.39 is 29.6 Å². The van der Waals surface area contributed by atoms with Crippen molar-refractivity contribution in [2.24, 2.45) is 5.92 Å². The van der Waals surface area contributed by atoms with Crippen molar-refractivity contribution in [2.45, 2.75) is 31.8 Å². The van der Waals surface area contributed by atoms with Crippen molar-refractivity contribution in [1.29, 1.82) is 0 Å². The third-order valence-corrected chi connectivity index (χ3v) is 3.56. The molecule has 2 rings (SSSR count). The molecule has 1 aromatic carbocycles. The second-order valence-electron chi connectivity index (χ2n) is 5.11. The van der Waals surface area contributed by atoms with Crippen LogP contribution in [-0.4, -0.2) is 23.1 Å². The molecule has 0 bridgehead atoms. The molecule has 0 radical (unpaired) electrons. The van der Waals surface area contributed by atoms with Gasteiger partial charge in [-0.25, -0.2) is 13.6 Å². The molecule has 21 heavy (non-hydrogen) atoms. The number of nitrogens with one attached hydrogen (secondary N) is 2. The van der Waals surface area contributed by atoms with E-state index in [1.54, 1.807) is 0 Å². The number of halogens is 2. The second kappa shape index (κ2) is 6.51. The SMILES string of the molecule is O=C(NCc1cc(F)ccc1F)N[C@H]1CC[C@@H](C(=O)O)C1. The molecule has 7 heteroatoms. The van der Waals surface area contributed by atoms with E-state index in [1.807, 2.05) is 0 Å². The molecule has 0 spiro atoms. The average Bonchev–Trinajstić information content (AvgIpc) is 2.88. The maximum atomic E-state index is 13.4. The van der Waals surface area contributed by atoms with Gasteiger partial charge in [0.05, 0.1) is 5.92 Å². The lowest BCUT2D eigenvalue weighted by Crippen LogP contribution is -2.41. The monoisotopic (exact) mass is 298 g/mol. The summed E-state index contributed by atoms with van der Waals surface area (Å²) in [5.41, 5.74) is 0.0555. The Balaban J connectivity index is 1.80. The summed E-state index contributed by atoms with van der Waals surface area (Å²) in [4.78, 5) is 22.5. The first-order chi connectivity index (χ1) is 9.95. The molecular formula is C14H16F2N2O3. The normalized spacial score (nSPS) is 21.0. The fourth-order valence-electron chi connectivity index (χ4n) is 2.43. The average molecular weight is 298 g/mol. The first-order valence-corrected chi connectivity index (χ1v) is 6.67. The van der Waals surface area contributed by atoms with Gasteiger partial charge in [0.15, 0.2) is 0 Å². The van der Waals surface area contributed by atoms with Gasteiger partial charge < -0.3 is 15.7 Å². The Kier molecular flexibility index (Phi) is 4.72.